The number of nitrogens with one attached hydrogen (secondary N) is 2. The first kappa shape index (κ1) is 17.8. The quantitative estimate of drug-likeness (QED) is 0.342. The number of nitro benzene ring substituents is 2. The van der Waals surface area contributed by atoms with Gasteiger partial charge in [0.2, 0.25) is 5.91 Å². The molecule has 1 aromatic rings. The van der Waals surface area contributed by atoms with Gasteiger partial charge in [-0.1, -0.05) is 0 Å². The minimum atomic E-state index is -1.08. The van der Waals surface area contributed by atoms with Gasteiger partial charge in [-0.15, -0.1) is 0 Å². The fraction of sp³-hybridized carbons (Fsp3) is 0.333. The maximum absolute atomic E-state index is 11.3. The van der Waals surface area contributed by atoms with E-state index in [0.29, 0.717) is 0 Å². The summed E-state index contributed by atoms with van der Waals surface area (Å²) in [4.78, 5) is 41.6. The number of nitrogens with zero attached hydrogens (tertiary/aromatic N) is 2. The Morgan fingerprint density at radius 2 is 1.78 bits per heavy atom. The minimum Gasteiger partial charge on any atom is -0.481 e. The zero-order valence-electron chi connectivity index (χ0n) is 11.9. The number of carbonyl (C=O) groups excluding carboxylic acids is 1. The Morgan fingerprint density at radius 3 is 2.35 bits per heavy atom. The lowest BCUT2D eigenvalue weighted by molar-refractivity contribution is -0.393. The minimum absolute atomic E-state index is 0.0837. The molecule has 11 nitrogen and oxygen atoms in total. The zero-order chi connectivity index (χ0) is 17.4. The molecule has 0 aromatic heterocycles. The topological polar surface area (TPSA) is 165 Å². The fourth-order valence-corrected chi connectivity index (χ4v) is 1.64. The normalized spacial score (nSPS) is 9.91. The van der Waals surface area contributed by atoms with Crippen LogP contribution in [0.1, 0.15) is 12.8 Å². The maximum atomic E-state index is 11.3. The predicted octanol–water partition coefficient (Wildman–Crippen LogP) is 0.896. The summed E-state index contributed by atoms with van der Waals surface area (Å²) in [6.07, 6.45) is -0.444. The lowest BCUT2D eigenvalue weighted by Crippen LogP contribution is -2.29. The molecule has 0 bridgehead atoms. The Bertz CT molecular complexity index is 632. The van der Waals surface area contributed by atoms with Gasteiger partial charge in [-0.2, -0.15) is 0 Å². The van der Waals surface area contributed by atoms with Crippen LogP contribution >= 0.6 is 0 Å². The second kappa shape index (κ2) is 8.26. The summed E-state index contributed by atoms with van der Waals surface area (Å²) in [5.74, 6) is -1.54. The second-order valence-corrected chi connectivity index (χ2v) is 4.39. The van der Waals surface area contributed by atoms with Gasteiger partial charge < -0.3 is 15.7 Å². The lowest BCUT2D eigenvalue weighted by Gasteiger charge is -2.08. The van der Waals surface area contributed by atoms with E-state index < -0.39 is 33.1 Å². The molecule has 0 fully saturated rings. The van der Waals surface area contributed by atoms with Crippen molar-refractivity contribution in [1.82, 2.24) is 5.32 Å². The van der Waals surface area contributed by atoms with Crippen molar-refractivity contribution in [1.29, 1.82) is 0 Å². The number of non-ortho nitro benzene ring substituents is 1. The van der Waals surface area contributed by atoms with Crippen LogP contribution in [0, 0.1) is 20.2 Å². The van der Waals surface area contributed by atoms with E-state index in [0.717, 1.165) is 12.1 Å². The number of carboxylic acid groups (broad SMARTS) is 1. The van der Waals surface area contributed by atoms with E-state index in [1.165, 1.54) is 6.07 Å². The first-order valence-corrected chi connectivity index (χ1v) is 6.46. The summed E-state index contributed by atoms with van der Waals surface area (Å²) in [7, 11) is 0. The van der Waals surface area contributed by atoms with Crippen LogP contribution in [0.15, 0.2) is 18.2 Å². The van der Waals surface area contributed by atoms with E-state index in [-0.39, 0.29) is 31.6 Å². The van der Waals surface area contributed by atoms with E-state index in [4.69, 9.17) is 5.11 Å². The van der Waals surface area contributed by atoms with Crippen molar-refractivity contribution < 1.29 is 24.5 Å². The number of hydrogen-bond donors (Lipinski definition) is 3. The average molecular weight is 326 g/mol. The van der Waals surface area contributed by atoms with Gasteiger partial charge in [-0.25, -0.2) is 0 Å². The average Bonchev–Trinajstić information content (AvgIpc) is 2.49. The maximum Gasteiger partial charge on any atom is 0.303 e. The molecule has 11 heteroatoms. The molecule has 0 radical (unpaired) electrons. The predicted molar refractivity (Wildman–Crippen MR) is 78.1 cm³/mol. The number of carbonyl (C=O) groups is 2. The number of anilines is 1. The molecule has 0 heterocycles. The summed E-state index contributed by atoms with van der Waals surface area (Å²) >= 11 is 0. The highest BCUT2D eigenvalue weighted by Gasteiger charge is 2.19. The highest BCUT2D eigenvalue weighted by atomic mass is 16.6. The van der Waals surface area contributed by atoms with Crippen LogP contribution in [0.4, 0.5) is 17.1 Å². The number of rotatable bonds is 9. The van der Waals surface area contributed by atoms with E-state index in [1.54, 1.807) is 0 Å². The summed E-state index contributed by atoms with van der Waals surface area (Å²) in [6, 6.07) is 3.18. The Morgan fingerprint density at radius 1 is 1.09 bits per heavy atom. The summed E-state index contributed by atoms with van der Waals surface area (Å²) in [5.41, 5.74) is -0.763. The van der Waals surface area contributed by atoms with Crippen molar-refractivity contribution in [2.24, 2.45) is 0 Å². The van der Waals surface area contributed by atoms with Gasteiger partial charge in [-0.05, 0) is 6.07 Å². The van der Waals surface area contributed by atoms with Crippen LogP contribution in [0.25, 0.3) is 0 Å². The molecule has 124 valence electrons. The third kappa shape index (κ3) is 5.95. The Balaban J connectivity index is 2.54. The molecule has 1 rings (SSSR count). The fourth-order valence-electron chi connectivity index (χ4n) is 1.64. The second-order valence-electron chi connectivity index (χ2n) is 4.39. The molecule has 0 aliphatic heterocycles. The van der Waals surface area contributed by atoms with E-state index in [1.807, 2.05) is 0 Å². The highest BCUT2D eigenvalue weighted by molar-refractivity contribution is 5.80. The van der Waals surface area contributed by atoms with Crippen molar-refractivity contribution in [2.75, 3.05) is 18.4 Å². The van der Waals surface area contributed by atoms with E-state index in [9.17, 15) is 29.8 Å². The molecule has 1 aromatic carbocycles. The molecule has 0 aliphatic carbocycles. The number of amides is 1. The van der Waals surface area contributed by atoms with Gasteiger partial charge >= 0.3 is 5.97 Å². The molecule has 0 saturated heterocycles. The third-order valence-corrected chi connectivity index (χ3v) is 2.72. The van der Waals surface area contributed by atoms with E-state index >= 15 is 0 Å². The molecule has 1 amide bonds. The van der Waals surface area contributed by atoms with Crippen molar-refractivity contribution in [3.8, 4) is 0 Å². The number of nitro groups is 2. The van der Waals surface area contributed by atoms with E-state index in [2.05, 4.69) is 10.6 Å². The van der Waals surface area contributed by atoms with Crippen molar-refractivity contribution in [3.63, 3.8) is 0 Å². The summed E-state index contributed by atoms with van der Waals surface area (Å²) < 4.78 is 0. The van der Waals surface area contributed by atoms with Gasteiger partial charge in [0.05, 0.1) is 22.3 Å². The summed E-state index contributed by atoms with van der Waals surface area (Å²) in [6.45, 7) is 0.254. The van der Waals surface area contributed by atoms with Crippen LogP contribution in [-0.2, 0) is 9.59 Å². The van der Waals surface area contributed by atoms with Crippen LogP contribution in [0.5, 0.6) is 0 Å². The zero-order valence-corrected chi connectivity index (χ0v) is 11.9. The number of hydrogen-bond acceptors (Lipinski definition) is 7. The SMILES string of the molecule is O=C(O)CCC(=O)NCCNc1ccc([N+](=O)[O-])cc1[N+](=O)[O-]. The van der Waals surface area contributed by atoms with Gasteiger partial charge in [0.25, 0.3) is 11.4 Å². The lowest BCUT2D eigenvalue weighted by atomic mass is 10.2. The standard InChI is InChI=1S/C12H14N4O7/c17-11(3-4-12(18)19)14-6-5-13-9-2-1-8(15(20)21)7-10(9)16(22)23/h1-2,7,13H,3-6H2,(H,14,17)(H,18,19). The van der Waals surface area contributed by atoms with Crippen molar-refractivity contribution in [3.05, 3.63) is 38.4 Å². The van der Waals surface area contributed by atoms with Crippen LogP contribution in [-0.4, -0.2) is 39.9 Å². The molecule has 23 heavy (non-hydrogen) atoms. The molecule has 3 N–H and O–H groups in total. The van der Waals surface area contributed by atoms with Gasteiger partial charge in [0.15, 0.2) is 0 Å². The largest absolute Gasteiger partial charge is 0.481 e. The smallest absolute Gasteiger partial charge is 0.303 e. The first-order valence-electron chi connectivity index (χ1n) is 6.46. The molecule has 0 saturated carbocycles. The molecule has 0 atom stereocenters. The Kier molecular flexibility index (Phi) is 6.40. The molecule has 0 spiro atoms. The third-order valence-electron chi connectivity index (χ3n) is 2.72. The Labute approximate surface area is 129 Å². The van der Waals surface area contributed by atoms with Crippen LogP contribution < -0.4 is 10.6 Å². The number of benzene rings is 1. The van der Waals surface area contributed by atoms with Gasteiger partial charge in [-0.3, -0.25) is 29.8 Å². The monoisotopic (exact) mass is 326 g/mol. The van der Waals surface area contributed by atoms with Crippen molar-refractivity contribution >= 4 is 28.9 Å². The number of carboxylic acids is 1. The molecular formula is C12H14N4O7. The highest BCUT2D eigenvalue weighted by Crippen LogP contribution is 2.28. The van der Waals surface area contributed by atoms with Crippen LogP contribution in [0.3, 0.4) is 0 Å². The van der Waals surface area contributed by atoms with Crippen molar-refractivity contribution in [2.45, 2.75) is 12.8 Å². The summed E-state index contributed by atoms with van der Waals surface area (Å²) in [5, 5.41) is 35.1. The Hall–Kier alpha value is -3.24. The van der Waals surface area contributed by atoms with Gasteiger partial charge in [0, 0.05) is 25.6 Å². The van der Waals surface area contributed by atoms with Gasteiger partial charge in [0.1, 0.15) is 5.69 Å². The number of aliphatic carboxylic acids is 1. The molecule has 0 unspecified atom stereocenters. The molecule has 0 aliphatic rings. The molecular weight excluding hydrogens is 312 g/mol. The van der Waals surface area contributed by atoms with Crippen LogP contribution in [0.2, 0.25) is 0 Å². The first-order chi connectivity index (χ1) is 10.8.